The maximum absolute atomic E-state index is 12.2. The molecule has 0 aliphatic carbocycles. The van der Waals surface area contributed by atoms with Crippen LogP contribution in [0, 0.1) is 6.92 Å². The van der Waals surface area contributed by atoms with E-state index in [1.54, 1.807) is 25.6 Å². The van der Waals surface area contributed by atoms with Gasteiger partial charge < -0.3 is 9.15 Å². The summed E-state index contributed by atoms with van der Waals surface area (Å²) in [6, 6.07) is 8.03. The van der Waals surface area contributed by atoms with Crippen LogP contribution in [0.4, 0.5) is 0 Å². The number of hydrogen-bond donors (Lipinski definition) is 0. The van der Waals surface area contributed by atoms with Gasteiger partial charge in [-0.05, 0) is 25.0 Å². The van der Waals surface area contributed by atoms with Crippen LogP contribution >= 0.6 is 11.8 Å². The first-order valence-corrected chi connectivity index (χ1v) is 7.26. The van der Waals surface area contributed by atoms with Gasteiger partial charge in [-0.3, -0.25) is 4.79 Å². The molecule has 6 heteroatoms. The molecule has 20 heavy (non-hydrogen) atoms. The Morgan fingerprint density at radius 2 is 2.25 bits per heavy atom. The Bertz CT molecular complexity index is 616. The van der Waals surface area contributed by atoms with Crippen LogP contribution in [0.1, 0.15) is 30.4 Å². The smallest absolute Gasteiger partial charge is 0.320 e. The molecule has 2 aromatic rings. The highest BCUT2D eigenvalue weighted by Gasteiger charge is 2.31. The van der Waals surface area contributed by atoms with Crippen molar-refractivity contribution in [1.82, 2.24) is 10.2 Å². The molecule has 1 aromatic carbocycles. The van der Waals surface area contributed by atoms with Crippen molar-refractivity contribution in [3.8, 4) is 0 Å². The van der Waals surface area contributed by atoms with Gasteiger partial charge in [0, 0.05) is 11.8 Å². The van der Waals surface area contributed by atoms with Crippen molar-refractivity contribution >= 4 is 17.7 Å². The number of nitrogens with zero attached hydrogens (tertiary/aromatic N) is 2. The van der Waals surface area contributed by atoms with E-state index in [0.29, 0.717) is 18.2 Å². The summed E-state index contributed by atoms with van der Waals surface area (Å²) in [5, 5.41) is 7.40. The van der Waals surface area contributed by atoms with Crippen LogP contribution in [0.2, 0.25) is 0 Å². The van der Waals surface area contributed by atoms with Gasteiger partial charge in [-0.25, -0.2) is 0 Å². The number of fused-ring (bicyclic) bond motifs is 1. The van der Waals surface area contributed by atoms with Gasteiger partial charge in [0.25, 0.3) is 5.89 Å². The van der Waals surface area contributed by atoms with E-state index in [1.165, 1.54) is 5.56 Å². The zero-order valence-electron chi connectivity index (χ0n) is 11.2. The van der Waals surface area contributed by atoms with Crippen molar-refractivity contribution < 1.29 is 13.9 Å². The Morgan fingerprint density at radius 1 is 1.45 bits per heavy atom. The minimum Gasteiger partial charge on any atom is -0.452 e. The molecule has 2 atom stereocenters. The monoisotopic (exact) mass is 290 g/mol. The van der Waals surface area contributed by atoms with Crippen molar-refractivity contribution in [2.45, 2.75) is 36.5 Å². The molecule has 1 aliphatic rings. The summed E-state index contributed by atoms with van der Waals surface area (Å²) < 4.78 is 10.7. The van der Waals surface area contributed by atoms with E-state index in [2.05, 4.69) is 10.2 Å². The Labute approximate surface area is 120 Å². The summed E-state index contributed by atoms with van der Waals surface area (Å²) in [5.41, 5.74) is 1.20. The Morgan fingerprint density at radius 3 is 2.95 bits per heavy atom. The lowest BCUT2D eigenvalue weighted by atomic mass is 10.1. The number of benzene rings is 1. The van der Waals surface area contributed by atoms with Crippen molar-refractivity contribution in [3.05, 3.63) is 41.6 Å². The van der Waals surface area contributed by atoms with E-state index < -0.39 is 6.10 Å². The topological polar surface area (TPSA) is 65.2 Å². The number of ether oxygens (including phenoxy) is 1. The van der Waals surface area contributed by atoms with E-state index >= 15 is 0 Å². The molecule has 0 saturated carbocycles. The van der Waals surface area contributed by atoms with Crippen LogP contribution in [0.5, 0.6) is 0 Å². The second kappa shape index (κ2) is 5.28. The zero-order chi connectivity index (χ0) is 14.1. The molecule has 3 rings (SSSR count). The molecule has 0 amide bonds. The fourth-order valence-electron chi connectivity index (χ4n) is 2.09. The summed E-state index contributed by atoms with van der Waals surface area (Å²) >= 11 is 1.55. The van der Waals surface area contributed by atoms with Gasteiger partial charge in [-0.15, -0.1) is 22.0 Å². The number of aryl methyl sites for hydroxylation is 1. The predicted octanol–water partition coefficient (Wildman–Crippen LogP) is 2.70. The van der Waals surface area contributed by atoms with Gasteiger partial charge in [0.1, 0.15) is 5.25 Å². The first-order chi connectivity index (χ1) is 9.63. The number of carbonyl (C=O) groups excluding carboxylic acids is 1. The molecule has 0 N–H and O–H groups in total. The Balaban J connectivity index is 1.64. The molecule has 0 bridgehead atoms. The number of rotatable bonds is 3. The van der Waals surface area contributed by atoms with E-state index in [9.17, 15) is 4.79 Å². The number of esters is 1. The molecule has 0 fully saturated rings. The van der Waals surface area contributed by atoms with Gasteiger partial charge >= 0.3 is 5.97 Å². The summed E-state index contributed by atoms with van der Waals surface area (Å²) in [6.45, 7) is 3.44. The molecule has 104 valence electrons. The average molecular weight is 290 g/mol. The molecule has 1 aromatic heterocycles. The number of thioether (sulfide) groups is 1. The summed E-state index contributed by atoms with van der Waals surface area (Å²) in [6.07, 6.45) is 0.183. The maximum atomic E-state index is 12.2. The van der Waals surface area contributed by atoms with Gasteiger partial charge in [-0.2, -0.15) is 0 Å². The first kappa shape index (κ1) is 13.2. The molecule has 5 nitrogen and oxygen atoms in total. The number of hydrogen-bond acceptors (Lipinski definition) is 6. The molecule has 0 saturated heterocycles. The quantitative estimate of drug-likeness (QED) is 0.810. The van der Waals surface area contributed by atoms with Crippen LogP contribution in [0.15, 0.2) is 33.6 Å². The van der Waals surface area contributed by atoms with Gasteiger partial charge in [0.15, 0.2) is 6.10 Å². The third-order valence-corrected chi connectivity index (χ3v) is 4.39. The predicted molar refractivity (Wildman–Crippen MR) is 73.3 cm³/mol. The van der Waals surface area contributed by atoms with Crippen LogP contribution in [-0.4, -0.2) is 21.4 Å². The van der Waals surface area contributed by atoms with Crippen LogP contribution < -0.4 is 0 Å². The minimum atomic E-state index is -0.520. The lowest BCUT2D eigenvalue weighted by Gasteiger charge is -2.12. The summed E-state index contributed by atoms with van der Waals surface area (Å²) in [5.74, 6) is 0.552. The van der Waals surface area contributed by atoms with E-state index in [0.717, 1.165) is 4.90 Å². The first-order valence-electron chi connectivity index (χ1n) is 6.38. The van der Waals surface area contributed by atoms with Crippen LogP contribution in [-0.2, 0) is 16.0 Å². The summed E-state index contributed by atoms with van der Waals surface area (Å²) in [4.78, 5) is 13.3. The fraction of sp³-hybridized carbons (Fsp3) is 0.357. The highest BCUT2D eigenvalue weighted by molar-refractivity contribution is 8.01. The van der Waals surface area contributed by atoms with Crippen LogP contribution in [0.3, 0.4) is 0 Å². The number of aromatic nitrogens is 2. The van der Waals surface area contributed by atoms with Crippen molar-refractivity contribution in [3.63, 3.8) is 0 Å². The third-order valence-electron chi connectivity index (χ3n) is 3.09. The lowest BCUT2D eigenvalue weighted by Crippen LogP contribution is -2.21. The van der Waals surface area contributed by atoms with Crippen molar-refractivity contribution in [1.29, 1.82) is 0 Å². The molecule has 2 heterocycles. The highest BCUT2D eigenvalue weighted by atomic mass is 32.2. The molecular weight excluding hydrogens is 276 g/mol. The van der Waals surface area contributed by atoms with Crippen LogP contribution in [0.25, 0.3) is 0 Å². The van der Waals surface area contributed by atoms with Gasteiger partial charge in [-0.1, -0.05) is 18.2 Å². The molecular formula is C14H14N2O3S. The van der Waals surface area contributed by atoms with E-state index in [4.69, 9.17) is 9.15 Å². The second-order valence-electron chi connectivity index (χ2n) is 4.66. The molecule has 0 radical (unpaired) electrons. The van der Waals surface area contributed by atoms with E-state index in [1.807, 2.05) is 24.3 Å². The van der Waals surface area contributed by atoms with Crippen molar-refractivity contribution in [2.24, 2.45) is 0 Å². The highest BCUT2D eigenvalue weighted by Crippen LogP contribution is 2.37. The Kier molecular flexibility index (Phi) is 3.48. The third kappa shape index (κ3) is 2.56. The second-order valence-corrected chi connectivity index (χ2v) is 5.90. The number of carbonyl (C=O) groups is 1. The summed E-state index contributed by atoms with van der Waals surface area (Å²) in [7, 11) is 0. The fourth-order valence-corrected chi connectivity index (χ4v) is 3.27. The molecule has 1 aliphatic heterocycles. The normalized spacial score (nSPS) is 18.6. The average Bonchev–Trinajstić information content (AvgIpc) is 3.04. The maximum Gasteiger partial charge on any atom is 0.320 e. The minimum absolute atomic E-state index is 0.195. The Hall–Kier alpha value is -1.82. The van der Waals surface area contributed by atoms with E-state index in [-0.39, 0.29) is 11.2 Å². The zero-order valence-corrected chi connectivity index (χ0v) is 12.0. The van der Waals surface area contributed by atoms with Gasteiger partial charge in [0.2, 0.25) is 5.89 Å². The standard InChI is InChI=1S/C14H14N2O3S/c1-8(13-16-15-9(2)19-13)18-14(17)12-7-10-5-3-4-6-11(10)20-12/h3-6,8,12H,7H2,1-2H3/t8-,12+/m0/s1. The molecule has 0 unspecified atom stereocenters. The SMILES string of the molecule is Cc1nnc([C@H](C)OC(=O)[C@H]2Cc3ccccc3S2)o1. The van der Waals surface area contributed by atoms with Crippen molar-refractivity contribution in [2.75, 3.05) is 0 Å². The largest absolute Gasteiger partial charge is 0.452 e. The lowest BCUT2D eigenvalue weighted by molar-refractivity contribution is -0.148. The molecule has 0 spiro atoms. The van der Waals surface area contributed by atoms with Gasteiger partial charge in [0.05, 0.1) is 0 Å².